The number of hydrogen-bond acceptors (Lipinski definition) is 4. The van der Waals surface area contributed by atoms with Crippen LogP contribution in [0.2, 0.25) is 5.02 Å². The van der Waals surface area contributed by atoms with Gasteiger partial charge in [0.1, 0.15) is 12.4 Å². The van der Waals surface area contributed by atoms with Gasteiger partial charge in [0.25, 0.3) is 0 Å². The molecular formula is C11H12ClNO4. The molecule has 6 heteroatoms. The second-order valence-electron chi connectivity index (χ2n) is 3.58. The molecule has 0 fully saturated rings. The molecule has 1 aromatic carbocycles. The van der Waals surface area contributed by atoms with E-state index in [1.807, 2.05) is 0 Å². The molecule has 17 heavy (non-hydrogen) atoms. The molecule has 0 aliphatic carbocycles. The van der Waals surface area contributed by atoms with Crippen LogP contribution in [-0.2, 0) is 4.79 Å². The number of halogens is 1. The zero-order valence-electron chi connectivity index (χ0n) is 8.84. The lowest BCUT2D eigenvalue weighted by atomic mass is 10.0. The average molecular weight is 258 g/mol. The summed E-state index contributed by atoms with van der Waals surface area (Å²) in [6, 6.07) is 4.24. The topological polar surface area (TPSA) is 101 Å². The van der Waals surface area contributed by atoms with Gasteiger partial charge in [-0.25, -0.2) is 0 Å². The van der Waals surface area contributed by atoms with Crippen molar-refractivity contribution in [1.29, 1.82) is 0 Å². The van der Waals surface area contributed by atoms with Crippen molar-refractivity contribution in [3.8, 4) is 0 Å². The second kappa shape index (κ2) is 5.77. The van der Waals surface area contributed by atoms with Gasteiger partial charge in [0.15, 0.2) is 0 Å². The summed E-state index contributed by atoms with van der Waals surface area (Å²) in [5.74, 6) is -0.725. The van der Waals surface area contributed by atoms with Crippen LogP contribution in [0.3, 0.4) is 0 Å². The summed E-state index contributed by atoms with van der Waals surface area (Å²) in [6.07, 6.45) is -2.41. The van der Waals surface area contributed by atoms with Crippen molar-refractivity contribution in [3.05, 3.63) is 34.3 Å². The number of benzene rings is 1. The first-order chi connectivity index (χ1) is 7.95. The molecule has 0 aliphatic heterocycles. The van der Waals surface area contributed by atoms with Crippen LogP contribution >= 0.6 is 11.6 Å². The number of rotatable bonds is 5. The van der Waals surface area contributed by atoms with E-state index < -0.39 is 18.1 Å². The molecule has 0 aromatic heterocycles. The summed E-state index contributed by atoms with van der Waals surface area (Å²) in [5.41, 5.74) is 5.50. The Bertz CT molecular complexity index is 435. The van der Waals surface area contributed by atoms with Crippen LogP contribution in [0, 0.1) is 0 Å². The first kappa shape index (κ1) is 13.6. The summed E-state index contributed by atoms with van der Waals surface area (Å²) in [5, 5.41) is 19.4. The van der Waals surface area contributed by atoms with E-state index in [1.165, 1.54) is 18.2 Å². The Kier molecular flexibility index (Phi) is 4.62. The summed E-state index contributed by atoms with van der Waals surface area (Å²) < 4.78 is 0. The Balaban J connectivity index is 2.92. The van der Waals surface area contributed by atoms with Gasteiger partial charge in [-0.05, 0) is 6.07 Å². The number of hydrogen-bond donors (Lipinski definition) is 3. The molecule has 0 bridgehead atoms. The molecule has 92 valence electrons. The third kappa shape index (κ3) is 3.52. The maximum absolute atomic E-state index is 10.6. The molecule has 0 saturated heterocycles. The van der Waals surface area contributed by atoms with Crippen molar-refractivity contribution in [2.45, 2.75) is 18.6 Å². The van der Waals surface area contributed by atoms with E-state index in [9.17, 15) is 19.8 Å². The molecule has 1 rings (SSSR count). The van der Waals surface area contributed by atoms with Crippen molar-refractivity contribution in [1.82, 2.24) is 0 Å². The lowest BCUT2D eigenvalue weighted by molar-refractivity contribution is -0.121. The van der Waals surface area contributed by atoms with Gasteiger partial charge >= 0.3 is 0 Å². The predicted octanol–water partition coefficient (Wildman–Crippen LogP) is 0.422. The SMILES string of the molecule is NC(=O)CC(O)C(O)c1ccc(C=O)cc1Cl. The van der Waals surface area contributed by atoms with Gasteiger partial charge in [0.05, 0.1) is 12.5 Å². The Labute approximate surface area is 103 Å². The van der Waals surface area contributed by atoms with Gasteiger partial charge in [-0.3, -0.25) is 9.59 Å². The number of amides is 1. The molecule has 1 amide bonds. The monoisotopic (exact) mass is 257 g/mol. The molecule has 1 aromatic rings. The summed E-state index contributed by atoms with van der Waals surface area (Å²) in [7, 11) is 0. The van der Waals surface area contributed by atoms with Gasteiger partial charge in [0, 0.05) is 16.1 Å². The summed E-state index contributed by atoms with van der Waals surface area (Å²) in [4.78, 5) is 21.1. The smallest absolute Gasteiger partial charge is 0.220 e. The van der Waals surface area contributed by atoms with Gasteiger partial charge < -0.3 is 15.9 Å². The lowest BCUT2D eigenvalue weighted by Gasteiger charge is -2.18. The fourth-order valence-electron chi connectivity index (χ4n) is 1.38. The average Bonchev–Trinajstić information content (AvgIpc) is 2.27. The minimum atomic E-state index is -1.33. The zero-order chi connectivity index (χ0) is 13.0. The number of aldehydes is 1. The van der Waals surface area contributed by atoms with Crippen molar-refractivity contribution in [3.63, 3.8) is 0 Å². The molecule has 0 saturated carbocycles. The highest BCUT2D eigenvalue weighted by Gasteiger charge is 2.22. The third-order valence-corrected chi connectivity index (χ3v) is 2.58. The third-order valence-electron chi connectivity index (χ3n) is 2.25. The Morgan fingerprint density at radius 2 is 2.12 bits per heavy atom. The van der Waals surface area contributed by atoms with Crippen LogP contribution in [0.15, 0.2) is 18.2 Å². The highest BCUT2D eigenvalue weighted by Crippen LogP contribution is 2.27. The van der Waals surface area contributed by atoms with Crippen molar-refractivity contribution in [2.24, 2.45) is 5.73 Å². The van der Waals surface area contributed by atoms with Crippen LogP contribution in [0.25, 0.3) is 0 Å². The van der Waals surface area contributed by atoms with E-state index in [4.69, 9.17) is 17.3 Å². The fraction of sp³-hybridized carbons (Fsp3) is 0.273. The highest BCUT2D eigenvalue weighted by molar-refractivity contribution is 6.31. The summed E-state index contributed by atoms with van der Waals surface area (Å²) >= 11 is 5.84. The molecule has 0 radical (unpaired) electrons. The van der Waals surface area contributed by atoms with E-state index >= 15 is 0 Å². The first-order valence-corrected chi connectivity index (χ1v) is 5.22. The van der Waals surface area contributed by atoms with Crippen LogP contribution in [0.1, 0.15) is 28.4 Å². The molecule has 5 nitrogen and oxygen atoms in total. The standard InChI is InChI=1S/C11H12ClNO4/c12-8-3-6(5-14)1-2-7(8)11(17)9(15)4-10(13)16/h1-3,5,9,11,15,17H,4H2,(H2,13,16). The highest BCUT2D eigenvalue weighted by atomic mass is 35.5. The Hall–Kier alpha value is -1.43. The minimum Gasteiger partial charge on any atom is -0.390 e. The van der Waals surface area contributed by atoms with Gasteiger partial charge in [-0.15, -0.1) is 0 Å². The molecule has 0 heterocycles. The maximum Gasteiger partial charge on any atom is 0.220 e. The zero-order valence-corrected chi connectivity index (χ0v) is 9.59. The van der Waals surface area contributed by atoms with E-state index in [0.29, 0.717) is 11.8 Å². The molecular weight excluding hydrogens is 246 g/mol. The summed E-state index contributed by atoms with van der Waals surface area (Å²) in [6.45, 7) is 0. The number of aliphatic hydroxyl groups excluding tert-OH is 2. The van der Waals surface area contributed by atoms with E-state index in [2.05, 4.69) is 0 Å². The first-order valence-electron chi connectivity index (χ1n) is 4.84. The number of aliphatic hydroxyl groups is 2. The second-order valence-corrected chi connectivity index (χ2v) is 3.99. The quantitative estimate of drug-likeness (QED) is 0.666. The lowest BCUT2D eigenvalue weighted by Crippen LogP contribution is -2.25. The van der Waals surface area contributed by atoms with Crippen molar-refractivity contribution in [2.75, 3.05) is 0 Å². The predicted molar refractivity (Wildman–Crippen MR) is 61.6 cm³/mol. The normalized spacial score (nSPS) is 14.1. The molecule has 0 aliphatic rings. The van der Waals surface area contributed by atoms with Gasteiger partial charge in [0.2, 0.25) is 5.91 Å². The number of carbonyl (C=O) groups excluding carboxylic acids is 2. The number of carbonyl (C=O) groups is 2. The minimum absolute atomic E-state index is 0.144. The van der Waals surface area contributed by atoms with Gasteiger partial charge in [-0.1, -0.05) is 23.7 Å². The van der Waals surface area contributed by atoms with Gasteiger partial charge in [-0.2, -0.15) is 0 Å². The molecule has 2 atom stereocenters. The Morgan fingerprint density at radius 3 is 2.59 bits per heavy atom. The molecule has 4 N–H and O–H groups in total. The van der Waals surface area contributed by atoms with Crippen LogP contribution in [0.5, 0.6) is 0 Å². The molecule has 0 spiro atoms. The van der Waals surface area contributed by atoms with Crippen LogP contribution in [0.4, 0.5) is 0 Å². The fourth-order valence-corrected chi connectivity index (χ4v) is 1.68. The van der Waals surface area contributed by atoms with E-state index in [1.54, 1.807) is 0 Å². The van der Waals surface area contributed by atoms with Crippen LogP contribution in [-0.4, -0.2) is 28.5 Å². The maximum atomic E-state index is 10.6. The Morgan fingerprint density at radius 1 is 1.47 bits per heavy atom. The molecule has 2 unspecified atom stereocenters. The van der Waals surface area contributed by atoms with E-state index in [0.717, 1.165) is 0 Å². The van der Waals surface area contributed by atoms with Crippen LogP contribution < -0.4 is 5.73 Å². The number of primary amides is 1. The van der Waals surface area contributed by atoms with Crippen molar-refractivity contribution >= 4 is 23.8 Å². The number of nitrogens with two attached hydrogens (primary N) is 1. The largest absolute Gasteiger partial charge is 0.390 e. The van der Waals surface area contributed by atoms with E-state index in [-0.39, 0.29) is 17.0 Å². The van der Waals surface area contributed by atoms with Crippen molar-refractivity contribution < 1.29 is 19.8 Å².